The van der Waals surface area contributed by atoms with Crippen LogP contribution in [0.15, 0.2) is 47.8 Å². The first kappa shape index (κ1) is 23.7. The van der Waals surface area contributed by atoms with Crippen molar-refractivity contribution in [1.29, 1.82) is 0 Å². The summed E-state index contributed by atoms with van der Waals surface area (Å²) in [6, 6.07) is 8.83. The summed E-state index contributed by atoms with van der Waals surface area (Å²) in [6.07, 6.45) is -1.86. The number of ketones is 2. The highest BCUT2D eigenvalue weighted by molar-refractivity contribution is 7.10. The summed E-state index contributed by atoms with van der Waals surface area (Å²) in [5.74, 6) is -5.28. The van der Waals surface area contributed by atoms with E-state index in [0.717, 1.165) is 11.3 Å². The lowest BCUT2D eigenvalue weighted by Crippen LogP contribution is -2.49. The van der Waals surface area contributed by atoms with Gasteiger partial charge in [0.1, 0.15) is 18.7 Å². The highest BCUT2D eigenvalue weighted by atomic mass is 32.1. The summed E-state index contributed by atoms with van der Waals surface area (Å²) in [6.45, 7) is -1.68. The van der Waals surface area contributed by atoms with E-state index in [4.69, 9.17) is 9.84 Å². The summed E-state index contributed by atoms with van der Waals surface area (Å²) < 4.78 is 17.6. The number of alkyl carbamates (subject to hydrolysis) is 1. The molecule has 2 amide bonds. The molecule has 0 radical (unpaired) electrons. The number of Topliss-reactive ketones (excluding diaryl/α,β-unsaturated/α-hetero) is 2. The Labute approximate surface area is 180 Å². The number of ether oxygens (including phenoxy) is 1. The maximum Gasteiger partial charge on any atom is 0.408 e. The molecule has 3 N–H and O–H groups in total. The number of alkyl halides is 1. The molecule has 1 aromatic heterocycles. The van der Waals surface area contributed by atoms with Gasteiger partial charge in [-0.05, 0) is 17.0 Å². The first-order valence-corrected chi connectivity index (χ1v) is 9.85. The first-order valence-electron chi connectivity index (χ1n) is 8.97. The van der Waals surface area contributed by atoms with Crippen molar-refractivity contribution in [1.82, 2.24) is 10.6 Å². The number of carboxylic acid groups (broad SMARTS) is 1. The molecule has 9 nitrogen and oxygen atoms in total. The number of carboxylic acids is 1. The van der Waals surface area contributed by atoms with Crippen molar-refractivity contribution in [2.45, 2.75) is 25.1 Å². The Balaban J connectivity index is 2.11. The zero-order valence-corrected chi connectivity index (χ0v) is 16.9. The SMILES string of the molecule is O=C(O)CC(NC(=O)C(NC(=O)OCc1ccccc1)c1cccs1)C(=O)C(=O)CF. The molecule has 0 spiro atoms. The second-order valence-electron chi connectivity index (χ2n) is 6.23. The van der Waals surface area contributed by atoms with Gasteiger partial charge in [-0.1, -0.05) is 36.4 Å². The van der Waals surface area contributed by atoms with Gasteiger partial charge in [0.15, 0.2) is 6.67 Å². The number of aliphatic carboxylic acids is 1. The average Bonchev–Trinajstić information content (AvgIpc) is 3.29. The molecule has 2 aromatic rings. The number of benzene rings is 1. The van der Waals surface area contributed by atoms with Crippen LogP contribution in [0.4, 0.5) is 9.18 Å². The van der Waals surface area contributed by atoms with Gasteiger partial charge in [-0.15, -0.1) is 11.3 Å². The number of thiophene rings is 1. The van der Waals surface area contributed by atoms with E-state index in [1.165, 1.54) is 6.07 Å². The van der Waals surface area contributed by atoms with E-state index in [1.807, 2.05) is 0 Å². The van der Waals surface area contributed by atoms with Crippen LogP contribution in [0, 0.1) is 0 Å². The summed E-state index contributed by atoms with van der Waals surface area (Å²) in [5, 5.41) is 15.0. The number of rotatable bonds is 11. The highest BCUT2D eigenvalue weighted by Gasteiger charge is 2.32. The highest BCUT2D eigenvalue weighted by Crippen LogP contribution is 2.20. The van der Waals surface area contributed by atoms with Gasteiger partial charge in [0.25, 0.3) is 0 Å². The fourth-order valence-corrected chi connectivity index (χ4v) is 3.28. The lowest BCUT2D eigenvalue weighted by Gasteiger charge is -2.21. The molecule has 11 heteroatoms. The van der Waals surface area contributed by atoms with Gasteiger partial charge in [0, 0.05) is 4.88 Å². The third-order valence-corrected chi connectivity index (χ3v) is 4.91. The number of halogens is 1. The van der Waals surface area contributed by atoms with Crippen LogP contribution < -0.4 is 10.6 Å². The Bertz CT molecular complexity index is 934. The average molecular weight is 450 g/mol. The minimum Gasteiger partial charge on any atom is -0.481 e. The number of nitrogens with one attached hydrogen (secondary N) is 2. The van der Waals surface area contributed by atoms with Crippen molar-refractivity contribution in [3.05, 3.63) is 58.3 Å². The Morgan fingerprint density at radius 3 is 2.32 bits per heavy atom. The van der Waals surface area contributed by atoms with Crippen LogP contribution in [0.25, 0.3) is 0 Å². The van der Waals surface area contributed by atoms with Crippen molar-refractivity contribution in [3.63, 3.8) is 0 Å². The van der Waals surface area contributed by atoms with Crippen LogP contribution in [-0.4, -0.2) is 47.4 Å². The zero-order chi connectivity index (χ0) is 22.8. The second kappa shape index (κ2) is 11.6. The maximum absolute atomic E-state index is 12.7. The monoisotopic (exact) mass is 450 g/mol. The molecular formula is C20H19FN2O7S. The molecule has 0 aliphatic heterocycles. The molecule has 0 aliphatic rings. The molecule has 2 atom stereocenters. The lowest BCUT2D eigenvalue weighted by molar-refractivity contribution is -0.143. The summed E-state index contributed by atoms with van der Waals surface area (Å²) >= 11 is 1.12. The predicted molar refractivity (Wildman–Crippen MR) is 107 cm³/mol. The van der Waals surface area contributed by atoms with E-state index >= 15 is 0 Å². The molecule has 1 aromatic carbocycles. The standard InChI is InChI=1S/C20H19FN2O7S/c21-10-14(24)18(27)13(9-16(25)26)22-19(28)17(15-7-4-8-31-15)23-20(29)30-11-12-5-2-1-3-6-12/h1-8,13,17H,9-11H2,(H,22,28)(H,23,29)(H,25,26). The summed E-state index contributed by atoms with van der Waals surface area (Å²) in [7, 11) is 0. The van der Waals surface area contributed by atoms with Crippen LogP contribution in [0.1, 0.15) is 22.9 Å². The Kier molecular flexibility index (Phi) is 8.82. The van der Waals surface area contributed by atoms with Crippen LogP contribution in [0.5, 0.6) is 0 Å². The normalized spacial score (nSPS) is 12.3. The van der Waals surface area contributed by atoms with Gasteiger partial charge < -0.3 is 20.5 Å². The molecule has 0 saturated carbocycles. The van der Waals surface area contributed by atoms with E-state index in [0.29, 0.717) is 10.4 Å². The number of hydrogen-bond acceptors (Lipinski definition) is 7. The molecule has 0 saturated heterocycles. The number of amides is 2. The van der Waals surface area contributed by atoms with Crippen molar-refractivity contribution in [2.24, 2.45) is 0 Å². The van der Waals surface area contributed by atoms with Crippen molar-refractivity contribution in [3.8, 4) is 0 Å². The van der Waals surface area contributed by atoms with E-state index in [-0.39, 0.29) is 6.61 Å². The van der Waals surface area contributed by atoms with Gasteiger partial charge in [-0.3, -0.25) is 19.2 Å². The van der Waals surface area contributed by atoms with Crippen LogP contribution >= 0.6 is 11.3 Å². The van der Waals surface area contributed by atoms with Gasteiger partial charge in [-0.25, -0.2) is 9.18 Å². The van der Waals surface area contributed by atoms with Gasteiger partial charge >= 0.3 is 12.1 Å². The predicted octanol–water partition coefficient (Wildman–Crippen LogP) is 1.78. The molecule has 0 fully saturated rings. The smallest absolute Gasteiger partial charge is 0.408 e. The van der Waals surface area contributed by atoms with Crippen LogP contribution in [-0.2, 0) is 30.5 Å². The molecule has 2 rings (SSSR count). The lowest BCUT2D eigenvalue weighted by atomic mass is 10.0. The number of hydrogen-bond donors (Lipinski definition) is 3. The number of carbonyl (C=O) groups is 5. The van der Waals surface area contributed by atoms with Crippen molar-refractivity contribution < 1.29 is 38.2 Å². The van der Waals surface area contributed by atoms with Crippen molar-refractivity contribution in [2.75, 3.05) is 6.67 Å². The van der Waals surface area contributed by atoms with Gasteiger partial charge in [-0.2, -0.15) is 0 Å². The van der Waals surface area contributed by atoms with Crippen LogP contribution in [0.2, 0.25) is 0 Å². The van der Waals surface area contributed by atoms with E-state index in [9.17, 15) is 28.4 Å². The third kappa shape index (κ3) is 7.30. The molecular weight excluding hydrogens is 431 g/mol. The van der Waals surface area contributed by atoms with E-state index < -0.39 is 54.7 Å². The minimum atomic E-state index is -1.78. The van der Waals surface area contributed by atoms with Gasteiger partial charge in [0.05, 0.1) is 6.42 Å². The molecule has 1 heterocycles. The second-order valence-corrected chi connectivity index (χ2v) is 7.21. The fraction of sp³-hybridized carbons (Fsp3) is 0.250. The topological polar surface area (TPSA) is 139 Å². The Hall–Kier alpha value is -3.60. The molecule has 0 bridgehead atoms. The molecule has 31 heavy (non-hydrogen) atoms. The third-order valence-electron chi connectivity index (χ3n) is 3.97. The molecule has 2 unspecified atom stereocenters. The summed E-state index contributed by atoms with van der Waals surface area (Å²) in [5.41, 5.74) is 0.714. The maximum atomic E-state index is 12.7. The van der Waals surface area contributed by atoms with E-state index in [1.54, 1.807) is 41.8 Å². The Morgan fingerprint density at radius 1 is 1.03 bits per heavy atom. The fourth-order valence-electron chi connectivity index (χ4n) is 2.50. The molecule has 164 valence electrons. The molecule has 0 aliphatic carbocycles. The van der Waals surface area contributed by atoms with Gasteiger partial charge in [0.2, 0.25) is 17.5 Å². The largest absolute Gasteiger partial charge is 0.481 e. The first-order chi connectivity index (χ1) is 14.8. The minimum absolute atomic E-state index is 0.0589. The summed E-state index contributed by atoms with van der Waals surface area (Å²) in [4.78, 5) is 59.6. The quantitative estimate of drug-likeness (QED) is 0.444. The number of carbonyl (C=O) groups excluding carboxylic acids is 4. The Morgan fingerprint density at radius 2 is 1.74 bits per heavy atom. The van der Waals surface area contributed by atoms with E-state index in [2.05, 4.69) is 10.6 Å². The van der Waals surface area contributed by atoms with Crippen LogP contribution in [0.3, 0.4) is 0 Å². The van der Waals surface area contributed by atoms with Crippen molar-refractivity contribution >= 4 is 40.9 Å². The zero-order valence-electron chi connectivity index (χ0n) is 16.1.